The highest BCUT2D eigenvalue weighted by molar-refractivity contribution is 7.09. The molecule has 0 aliphatic carbocycles. The fraction of sp³-hybridized carbons (Fsp3) is 0.412. The number of amides is 2. The number of carbonyl (C=O) groups is 1. The Hall–Kier alpha value is -1.63. The van der Waals surface area contributed by atoms with Gasteiger partial charge in [-0.1, -0.05) is 24.1 Å². The van der Waals surface area contributed by atoms with Crippen LogP contribution in [0, 0.1) is 0 Å². The van der Waals surface area contributed by atoms with Crippen molar-refractivity contribution in [2.75, 3.05) is 18.4 Å². The van der Waals surface area contributed by atoms with Crippen molar-refractivity contribution < 1.29 is 4.79 Å². The average molecular weight is 365 g/mol. The summed E-state index contributed by atoms with van der Waals surface area (Å²) in [5.74, 6) is 0. The molecule has 2 amide bonds. The van der Waals surface area contributed by atoms with E-state index < -0.39 is 0 Å². The Morgan fingerprint density at radius 3 is 2.92 bits per heavy atom. The predicted molar refractivity (Wildman–Crippen MR) is 98.6 cm³/mol. The summed E-state index contributed by atoms with van der Waals surface area (Å²) in [6.45, 7) is 3.66. The summed E-state index contributed by atoms with van der Waals surface area (Å²) in [5.41, 5.74) is 1.76. The number of benzene rings is 1. The van der Waals surface area contributed by atoms with E-state index in [0.717, 1.165) is 30.3 Å². The van der Waals surface area contributed by atoms with Gasteiger partial charge in [-0.15, -0.1) is 11.3 Å². The molecule has 0 spiro atoms. The number of hydrogen-bond acceptors (Lipinski definition) is 4. The van der Waals surface area contributed by atoms with Crippen LogP contribution in [0.3, 0.4) is 0 Å². The fourth-order valence-electron chi connectivity index (χ4n) is 2.75. The third-order valence-electron chi connectivity index (χ3n) is 3.92. The molecule has 0 radical (unpaired) electrons. The molecule has 1 saturated heterocycles. The molecule has 3 rings (SSSR count). The third-order valence-corrected chi connectivity index (χ3v) is 5.05. The van der Waals surface area contributed by atoms with E-state index in [0.29, 0.717) is 17.3 Å². The number of rotatable bonds is 5. The topological polar surface area (TPSA) is 57.3 Å². The molecule has 128 valence electrons. The van der Waals surface area contributed by atoms with Gasteiger partial charge < -0.3 is 10.6 Å². The molecule has 1 aromatic carbocycles. The van der Waals surface area contributed by atoms with Crippen molar-refractivity contribution in [3.63, 3.8) is 0 Å². The van der Waals surface area contributed by atoms with Crippen LogP contribution in [0.2, 0.25) is 5.02 Å². The van der Waals surface area contributed by atoms with Crippen molar-refractivity contribution in [1.29, 1.82) is 0 Å². The average Bonchev–Trinajstić information content (AvgIpc) is 3.01. The van der Waals surface area contributed by atoms with Gasteiger partial charge in [0, 0.05) is 22.6 Å². The lowest BCUT2D eigenvalue weighted by atomic mass is 10.1. The van der Waals surface area contributed by atoms with Crippen molar-refractivity contribution in [3.8, 4) is 0 Å². The standard InChI is InChI=1S/C17H21ClN4OS/c18-13-5-4-6-14(9-13)21-17(23)19-10-16-20-15(12-24-16)11-22-7-2-1-3-8-22/h4-6,9,12H,1-3,7-8,10-11H2,(H2,19,21,23). The number of nitrogens with zero attached hydrogens (tertiary/aromatic N) is 2. The second kappa shape index (κ2) is 8.46. The van der Waals surface area contributed by atoms with E-state index >= 15 is 0 Å². The zero-order valence-corrected chi connectivity index (χ0v) is 15.0. The van der Waals surface area contributed by atoms with Crippen LogP contribution in [0.25, 0.3) is 0 Å². The fourth-order valence-corrected chi connectivity index (χ4v) is 3.66. The van der Waals surface area contributed by atoms with Crippen molar-refractivity contribution >= 4 is 34.7 Å². The Morgan fingerprint density at radius 1 is 1.29 bits per heavy atom. The van der Waals surface area contributed by atoms with Gasteiger partial charge in [-0.3, -0.25) is 4.90 Å². The van der Waals surface area contributed by atoms with Gasteiger partial charge in [-0.2, -0.15) is 0 Å². The quantitative estimate of drug-likeness (QED) is 0.839. The molecular formula is C17H21ClN4OS. The van der Waals surface area contributed by atoms with Crippen LogP contribution in [-0.4, -0.2) is 29.0 Å². The normalized spacial score (nSPS) is 15.2. The number of likely N-dealkylation sites (tertiary alicyclic amines) is 1. The Balaban J connectivity index is 1.45. The van der Waals surface area contributed by atoms with Gasteiger partial charge in [-0.05, 0) is 44.1 Å². The second-order valence-corrected chi connectivity index (χ2v) is 7.27. The smallest absolute Gasteiger partial charge is 0.319 e. The molecule has 0 saturated carbocycles. The number of nitrogens with one attached hydrogen (secondary N) is 2. The summed E-state index contributed by atoms with van der Waals surface area (Å²) in [6.07, 6.45) is 3.90. The van der Waals surface area contributed by atoms with Gasteiger partial charge >= 0.3 is 6.03 Å². The molecule has 2 heterocycles. The van der Waals surface area contributed by atoms with Crippen molar-refractivity contribution in [2.24, 2.45) is 0 Å². The predicted octanol–water partition coefficient (Wildman–Crippen LogP) is 4.10. The lowest BCUT2D eigenvalue weighted by molar-refractivity contribution is 0.219. The van der Waals surface area contributed by atoms with Gasteiger partial charge in [0.25, 0.3) is 0 Å². The number of urea groups is 1. The molecule has 2 N–H and O–H groups in total. The van der Waals surface area contributed by atoms with Gasteiger partial charge in [0.1, 0.15) is 5.01 Å². The molecule has 1 aliphatic heterocycles. The molecular weight excluding hydrogens is 344 g/mol. The zero-order chi connectivity index (χ0) is 16.8. The summed E-state index contributed by atoms with van der Waals surface area (Å²) < 4.78 is 0. The first-order valence-electron chi connectivity index (χ1n) is 8.15. The van der Waals surface area contributed by atoms with E-state index in [1.165, 1.54) is 19.3 Å². The number of aromatic nitrogens is 1. The summed E-state index contributed by atoms with van der Waals surface area (Å²) in [5, 5.41) is 9.18. The van der Waals surface area contributed by atoms with Crippen LogP contribution in [0.15, 0.2) is 29.6 Å². The number of piperidine rings is 1. The zero-order valence-electron chi connectivity index (χ0n) is 13.4. The summed E-state index contributed by atoms with van der Waals surface area (Å²) in [6, 6.07) is 6.81. The van der Waals surface area contributed by atoms with E-state index in [2.05, 4.69) is 25.9 Å². The van der Waals surface area contributed by atoms with Crippen molar-refractivity contribution in [1.82, 2.24) is 15.2 Å². The Morgan fingerprint density at radius 2 is 2.12 bits per heavy atom. The van der Waals surface area contributed by atoms with Gasteiger partial charge in [-0.25, -0.2) is 9.78 Å². The van der Waals surface area contributed by atoms with Crippen LogP contribution in [0.1, 0.15) is 30.0 Å². The van der Waals surface area contributed by atoms with Crippen molar-refractivity contribution in [3.05, 3.63) is 45.4 Å². The maximum atomic E-state index is 11.9. The lowest BCUT2D eigenvalue weighted by Crippen LogP contribution is -2.29. The van der Waals surface area contributed by atoms with Crippen LogP contribution >= 0.6 is 22.9 Å². The number of thiazole rings is 1. The first kappa shape index (κ1) is 17.2. The van der Waals surface area contributed by atoms with E-state index in [4.69, 9.17) is 11.6 Å². The summed E-state index contributed by atoms with van der Waals surface area (Å²) >= 11 is 7.49. The number of anilines is 1. The first-order valence-corrected chi connectivity index (χ1v) is 9.41. The molecule has 1 aliphatic rings. The number of carbonyl (C=O) groups excluding carboxylic acids is 1. The molecule has 24 heavy (non-hydrogen) atoms. The maximum absolute atomic E-state index is 11.9. The third kappa shape index (κ3) is 5.19. The summed E-state index contributed by atoms with van der Waals surface area (Å²) in [7, 11) is 0. The largest absolute Gasteiger partial charge is 0.331 e. The molecule has 0 bridgehead atoms. The van der Waals surface area contributed by atoms with E-state index in [1.54, 1.807) is 35.6 Å². The molecule has 7 heteroatoms. The molecule has 5 nitrogen and oxygen atoms in total. The lowest BCUT2D eigenvalue weighted by Gasteiger charge is -2.25. The highest BCUT2D eigenvalue weighted by atomic mass is 35.5. The Bertz CT molecular complexity index is 685. The number of hydrogen-bond donors (Lipinski definition) is 2. The second-order valence-electron chi connectivity index (χ2n) is 5.89. The highest BCUT2D eigenvalue weighted by Crippen LogP contribution is 2.16. The van der Waals surface area contributed by atoms with Crippen LogP contribution in [0.4, 0.5) is 10.5 Å². The summed E-state index contributed by atoms with van der Waals surface area (Å²) in [4.78, 5) is 19.0. The molecule has 0 atom stereocenters. The molecule has 0 unspecified atom stereocenters. The molecule has 1 fully saturated rings. The van der Waals surface area contributed by atoms with Crippen molar-refractivity contribution in [2.45, 2.75) is 32.4 Å². The maximum Gasteiger partial charge on any atom is 0.319 e. The SMILES string of the molecule is O=C(NCc1nc(CN2CCCCC2)cs1)Nc1cccc(Cl)c1. The minimum atomic E-state index is -0.259. The highest BCUT2D eigenvalue weighted by Gasteiger charge is 2.12. The minimum Gasteiger partial charge on any atom is -0.331 e. The monoisotopic (exact) mass is 364 g/mol. The van der Waals surface area contributed by atoms with Gasteiger partial charge in [0.05, 0.1) is 12.2 Å². The van der Waals surface area contributed by atoms with Gasteiger partial charge in [0.2, 0.25) is 0 Å². The van der Waals surface area contributed by atoms with E-state index in [-0.39, 0.29) is 6.03 Å². The van der Waals surface area contributed by atoms with Crippen LogP contribution in [0.5, 0.6) is 0 Å². The number of halogens is 1. The Kier molecular flexibility index (Phi) is 6.07. The van der Waals surface area contributed by atoms with Crippen LogP contribution < -0.4 is 10.6 Å². The first-order chi connectivity index (χ1) is 11.7. The van der Waals surface area contributed by atoms with Gasteiger partial charge in [0.15, 0.2) is 0 Å². The van der Waals surface area contributed by atoms with Crippen LogP contribution in [-0.2, 0) is 13.1 Å². The Labute approximate surface area is 151 Å². The van der Waals surface area contributed by atoms with E-state index in [1.807, 2.05) is 0 Å². The molecule has 1 aromatic heterocycles. The molecule has 2 aromatic rings. The minimum absolute atomic E-state index is 0.259. The van der Waals surface area contributed by atoms with E-state index in [9.17, 15) is 4.79 Å².